The Morgan fingerprint density at radius 3 is 2.39 bits per heavy atom. The van der Waals surface area contributed by atoms with Gasteiger partial charge in [0.05, 0.1) is 6.61 Å². The van der Waals surface area contributed by atoms with Gasteiger partial charge in [0, 0.05) is 49.5 Å². The number of ether oxygens (including phenoxy) is 1. The van der Waals surface area contributed by atoms with Crippen molar-refractivity contribution in [2.24, 2.45) is 11.8 Å². The predicted octanol–water partition coefficient (Wildman–Crippen LogP) is 4.21. The molecule has 1 aromatic carbocycles. The molecule has 3 heterocycles. The number of nitrogens with zero attached hydrogens (tertiary/aromatic N) is 3. The van der Waals surface area contributed by atoms with E-state index in [-0.39, 0.29) is 11.8 Å². The summed E-state index contributed by atoms with van der Waals surface area (Å²) in [5, 5.41) is 2.93. The number of amides is 2. The van der Waals surface area contributed by atoms with Crippen LogP contribution in [0.5, 0.6) is 5.75 Å². The van der Waals surface area contributed by atoms with Crippen molar-refractivity contribution in [2.75, 3.05) is 43.0 Å². The first kappa shape index (κ1) is 23.1. The molecule has 4 rings (SSSR count). The van der Waals surface area contributed by atoms with Crippen molar-refractivity contribution >= 4 is 23.3 Å². The van der Waals surface area contributed by atoms with Gasteiger partial charge in [0.15, 0.2) is 0 Å². The molecule has 0 aliphatic carbocycles. The molecule has 2 aliphatic heterocycles. The van der Waals surface area contributed by atoms with Crippen LogP contribution in [-0.4, -0.2) is 54.5 Å². The molecule has 1 aromatic heterocycles. The second kappa shape index (κ2) is 10.7. The van der Waals surface area contributed by atoms with Crippen LogP contribution < -0.4 is 15.0 Å². The SMILES string of the molecule is CCOc1ccc(NC(=O)c2ccnc(N3CCC(C(=O)N4CCC(C)CC4)CC3)c2)cc1. The van der Waals surface area contributed by atoms with Gasteiger partial charge in [-0.25, -0.2) is 4.98 Å². The van der Waals surface area contributed by atoms with Gasteiger partial charge in [-0.3, -0.25) is 9.59 Å². The Bertz CT molecular complexity index is 946. The van der Waals surface area contributed by atoms with Crippen LogP contribution in [0.2, 0.25) is 0 Å². The van der Waals surface area contributed by atoms with Crippen LogP contribution in [0.4, 0.5) is 11.5 Å². The maximum atomic E-state index is 12.9. The average Bonchev–Trinajstić information content (AvgIpc) is 2.85. The van der Waals surface area contributed by atoms with Gasteiger partial charge in [-0.2, -0.15) is 0 Å². The molecule has 2 aromatic rings. The van der Waals surface area contributed by atoms with Crippen molar-refractivity contribution in [3.05, 3.63) is 48.2 Å². The maximum absolute atomic E-state index is 12.9. The summed E-state index contributed by atoms with van der Waals surface area (Å²) in [6.45, 7) is 8.15. The molecule has 176 valence electrons. The highest BCUT2D eigenvalue weighted by atomic mass is 16.5. The van der Waals surface area contributed by atoms with Crippen LogP contribution in [0.3, 0.4) is 0 Å². The molecule has 0 atom stereocenters. The lowest BCUT2D eigenvalue weighted by atomic mass is 9.92. The minimum absolute atomic E-state index is 0.0980. The van der Waals surface area contributed by atoms with E-state index in [2.05, 4.69) is 27.0 Å². The highest BCUT2D eigenvalue weighted by Gasteiger charge is 2.30. The normalized spacial score (nSPS) is 17.6. The van der Waals surface area contributed by atoms with Crippen LogP contribution in [0, 0.1) is 11.8 Å². The zero-order valence-electron chi connectivity index (χ0n) is 19.6. The van der Waals surface area contributed by atoms with E-state index in [0.717, 1.165) is 69.3 Å². The highest BCUT2D eigenvalue weighted by Crippen LogP contribution is 2.26. The van der Waals surface area contributed by atoms with Gasteiger partial charge in [-0.1, -0.05) is 6.92 Å². The zero-order chi connectivity index (χ0) is 23.2. The van der Waals surface area contributed by atoms with Crippen LogP contribution in [-0.2, 0) is 4.79 Å². The van der Waals surface area contributed by atoms with Gasteiger partial charge < -0.3 is 19.9 Å². The van der Waals surface area contributed by atoms with E-state index < -0.39 is 0 Å². The summed E-state index contributed by atoms with van der Waals surface area (Å²) in [6, 6.07) is 10.9. The van der Waals surface area contributed by atoms with E-state index in [1.807, 2.05) is 37.3 Å². The summed E-state index contributed by atoms with van der Waals surface area (Å²) < 4.78 is 5.44. The summed E-state index contributed by atoms with van der Waals surface area (Å²) in [5.41, 5.74) is 1.28. The lowest BCUT2D eigenvalue weighted by Gasteiger charge is -2.37. The van der Waals surface area contributed by atoms with E-state index in [1.165, 1.54) is 0 Å². The predicted molar refractivity (Wildman–Crippen MR) is 130 cm³/mol. The zero-order valence-corrected chi connectivity index (χ0v) is 19.6. The molecule has 2 fully saturated rings. The topological polar surface area (TPSA) is 74.8 Å². The van der Waals surface area contributed by atoms with Gasteiger partial charge in [0.2, 0.25) is 5.91 Å². The van der Waals surface area contributed by atoms with Gasteiger partial charge in [-0.15, -0.1) is 0 Å². The molecule has 33 heavy (non-hydrogen) atoms. The number of pyridine rings is 1. The lowest BCUT2D eigenvalue weighted by molar-refractivity contribution is -0.137. The molecule has 0 unspecified atom stereocenters. The third-order valence-corrected chi connectivity index (χ3v) is 6.69. The average molecular weight is 451 g/mol. The Labute approximate surface area is 196 Å². The quantitative estimate of drug-likeness (QED) is 0.714. The summed E-state index contributed by atoms with van der Waals surface area (Å²) in [4.78, 5) is 34.4. The molecule has 7 nitrogen and oxygen atoms in total. The summed E-state index contributed by atoms with van der Waals surface area (Å²) in [5.74, 6) is 2.53. The van der Waals surface area contributed by atoms with E-state index in [1.54, 1.807) is 12.3 Å². The summed E-state index contributed by atoms with van der Waals surface area (Å²) in [7, 11) is 0. The number of rotatable bonds is 6. The third kappa shape index (κ3) is 5.83. The summed E-state index contributed by atoms with van der Waals surface area (Å²) >= 11 is 0. The first-order chi connectivity index (χ1) is 16.0. The number of hydrogen-bond acceptors (Lipinski definition) is 5. The smallest absolute Gasteiger partial charge is 0.255 e. The standard InChI is InChI=1S/C26H34N4O3/c1-3-33-23-6-4-22(5-7-23)28-25(31)21-8-13-27-24(18-21)29-16-11-20(12-17-29)26(32)30-14-9-19(2)10-15-30/h4-8,13,18-20H,3,9-12,14-17H2,1-2H3,(H,28,31). The van der Waals surface area contributed by atoms with Crippen molar-refractivity contribution in [2.45, 2.75) is 39.5 Å². The Balaban J connectivity index is 1.32. The van der Waals surface area contributed by atoms with Crippen molar-refractivity contribution in [1.29, 1.82) is 0 Å². The van der Waals surface area contributed by atoms with Gasteiger partial charge in [0.1, 0.15) is 11.6 Å². The fourth-order valence-corrected chi connectivity index (χ4v) is 4.58. The number of aromatic nitrogens is 1. The maximum Gasteiger partial charge on any atom is 0.255 e. The van der Waals surface area contributed by atoms with Crippen molar-refractivity contribution < 1.29 is 14.3 Å². The number of anilines is 2. The van der Waals surface area contributed by atoms with Crippen molar-refractivity contribution in [3.63, 3.8) is 0 Å². The van der Waals surface area contributed by atoms with E-state index in [9.17, 15) is 9.59 Å². The molecule has 0 bridgehead atoms. The Kier molecular flexibility index (Phi) is 7.47. The molecule has 1 N–H and O–H groups in total. The number of hydrogen-bond donors (Lipinski definition) is 1. The lowest BCUT2D eigenvalue weighted by Crippen LogP contribution is -2.45. The van der Waals surface area contributed by atoms with Crippen molar-refractivity contribution in [3.8, 4) is 5.75 Å². The molecule has 2 amide bonds. The minimum atomic E-state index is -0.174. The second-order valence-corrected chi connectivity index (χ2v) is 9.08. The number of nitrogens with one attached hydrogen (secondary N) is 1. The molecule has 2 saturated heterocycles. The van der Waals surface area contributed by atoms with E-state index in [4.69, 9.17) is 4.74 Å². The third-order valence-electron chi connectivity index (χ3n) is 6.69. The number of benzene rings is 1. The van der Waals surface area contributed by atoms with E-state index in [0.29, 0.717) is 23.8 Å². The molecular formula is C26H34N4O3. The fourth-order valence-electron chi connectivity index (χ4n) is 4.58. The molecule has 0 saturated carbocycles. The highest BCUT2D eigenvalue weighted by molar-refractivity contribution is 6.04. The number of carbonyl (C=O) groups is 2. The minimum Gasteiger partial charge on any atom is -0.494 e. The van der Waals surface area contributed by atoms with E-state index >= 15 is 0 Å². The molecule has 7 heteroatoms. The number of likely N-dealkylation sites (tertiary alicyclic amines) is 1. The Hall–Kier alpha value is -3.09. The van der Waals surface area contributed by atoms with Crippen LogP contribution in [0.25, 0.3) is 0 Å². The van der Waals surface area contributed by atoms with Gasteiger partial charge >= 0.3 is 0 Å². The van der Waals surface area contributed by atoms with Crippen molar-refractivity contribution in [1.82, 2.24) is 9.88 Å². The second-order valence-electron chi connectivity index (χ2n) is 9.08. The molecule has 2 aliphatic rings. The first-order valence-electron chi connectivity index (χ1n) is 12.1. The van der Waals surface area contributed by atoms with Gasteiger partial charge in [0.25, 0.3) is 5.91 Å². The fraction of sp³-hybridized carbons (Fsp3) is 0.500. The molecule has 0 radical (unpaired) electrons. The Morgan fingerprint density at radius 1 is 1.03 bits per heavy atom. The van der Waals surface area contributed by atoms with Crippen LogP contribution in [0.1, 0.15) is 49.9 Å². The monoisotopic (exact) mass is 450 g/mol. The molecule has 0 spiro atoms. The van der Waals surface area contributed by atoms with Crippen LogP contribution >= 0.6 is 0 Å². The van der Waals surface area contributed by atoms with Crippen LogP contribution in [0.15, 0.2) is 42.6 Å². The number of piperidine rings is 2. The largest absolute Gasteiger partial charge is 0.494 e. The first-order valence-corrected chi connectivity index (χ1v) is 12.1. The summed E-state index contributed by atoms with van der Waals surface area (Å²) in [6.07, 6.45) is 5.55. The Morgan fingerprint density at radius 2 is 1.73 bits per heavy atom. The molecular weight excluding hydrogens is 416 g/mol. The number of carbonyl (C=O) groups excluding carboxylic acids is 2. The van der Waals surface area contributed by atoms with Gasteiger partial charge in [-0.05, 0) is 74.9 Å².